The van der Waals surface area contributed by atoms with Crippen LogP contribution in [0.4, 0.5) is 5.13 Å². The average Bonchev–Trinajstić information content (AvgIpc) is 3.12. The van der Waals surface area contributed by atoms with Crippen molar-refractivity contribution in [3.8, 4) is 11.3 Å². The van der Waals surface area contributed by atoms with E-state index in [0.29, 0.717) is 5.13 Å². The number of nitrogens with one attached hydrogen (secondary N) is 1. The van der Waals surface area contributed by atoms with Gasteiger partial charge in [-0.15, -0.1) is 11.3 Å². The molecule has 1 aromatic carbocycles. The van der Waals surface area contributed by atoms with Crippen molar-refractivity contribution in [2.45, 2.75) is 26.7 Å². The van der Waals surface area contributed by atoms with E-state index in [0.717, 1.165) is 16.2 Å². The van der Waals surface area contributed by atoms with Crippen LogP contribution < -0.4 is 5.32 Å². The Morgan fingerprint density at radius 1 is 1.21 bits per heavy atom. The van der Waals surface area contributed by atoms with Gasteiger partial charge in [-0.2, -0.15) is 0 Å². The van der Waals surface area contributed by atoms with Gasteiger partial charge in [0.2, 0.25) is 17.7 Å². The van der Waals surface area contributed by atoms with Crippen LogP contribution in [0.3, 0.4) is 0 Å². The minimum Gasteiger partial charge on any atom is -0.300 e. The van der Waals surface area contributed by atoms with Gasteiger partial charge in [-0.25, -0.2) is 4.98 Å². The first-order valence-corrected chi connectivity index (χ1v) is 8.48. The fourth-order valence-electron chi connectivity index (χ4n) is 2.47. The summed E-state index contributed by atoms with van der Waals surface area (Å²) in [4.78, 5) is 40.5. The molecule has 7 heteroatoms. The van der Waals surface area contributed by atoms with E-state index in [1.165, 1.54) is 22.5 Å². The number of nitrogens with zero attached hydrogens (tertiary/aromatic N) is 2. The highest BCUT2D eigenvalue weighted by Crippen LogP contribution is 2.26. The molecule has 1 aliphatic rings. The van der Waals surface area contributed by atoms with E-state index < -0.39 is 5.91 Å². The minimum absolute atomic E-state index is 0.181. The van der Waals surface area contributed by atoms with Gasteiger partial charge in [0.15, 0.2) is 5.13 Å². The molecule has 0 radical (unpaired) electrons. The van der Waals surface area contributed by atoms with Crippen LogP contribution >= 0.6 is 11.3 Å². The number of amides is 3. The van der Waals surface area contributed by atoms with Crippen molar-refractivity contribution in [3.05, 3.63) is 34.7 Å². The van der Waals surface area contributed by atoms with Gasteiger partial charge in [0, 0.05) is 23.8 Å². The molecule has 2 heterocycles. The third-order valence-electron chi connectivity index (χ3n) is 4.01. The van der Waals surface area contributed by atoms with Gasteiger partial charge in [0.25, 0.3) is 0 Å². The molecular weight excluding hydrogens is 326 g/mol. The SMILES string of the molecule is Cc1ccc(-c2csc(NC(=O)CN3C(=O)CCC3=O)n2)cc1C. The largest absolute Gasteiger partial charge is 0.300 e. The van der Waals surface area contributed by atoms with Crippen molar-refractivity contribution in [3.63, 3.8) is 0 Å². The highest BCUT2D eigenvalue weighted by Gasteiger charge is 2.30. The number of benzene rings is 1. The molecule has 3 rings (SSSR count). The Labute approximate surface area is 143 Å². The molecule has 0 unspecified atom stereocenters. The van der Waals surface area contributed by atoms with Crippen molar-refractivity contribution in [2.24, 2.45) is 0 Å². The molecule has 24 heavy (non-hydrogen) atoms. The van der Waals surface area contributed by atoms with E-state index in [4.69, 9.17) is 0 Å². The Morgan fingerprint density at radius 3 is 2.58 bits per heavy atom. The van der Waals surface area contributed by atoms with Crippen molar-refractivity contribution in [1.82, 2.24) is 9.88 Å². The molecule has 0 aliphatic carbocycles. The molecule has 0 saturated carbocycles. The fraction of sp³-hybridized carbons (Fsp3) is 0.294. The molecule has 3 amide bonds. The van der Waals surface area contributed by atoms with Crippen LogP contribution in [-0.4, -0.2) is 34.2 Å². The summed E-state index contributed by atoms with van der Waals surface area (Å²) in [5, 5.41) is 4.97. The zero-order valence-electron chi connectivity index (χ0n) is 13.5. The Balaban J connectivity index is 1.67. The highest BCUT2D eigenvalue weighted by atomic mass is 32.1. The van der Waals surface area contributed by atoms with Gasteiger partial charge in [-0.05, 0) is 31.0 Å². The molecule has 2 aromatic rings. The van der Waals surface area contributed by atoms with E-state index in [1.54, 1.807) is 0 Å². The van der Waals surface area contributed by atoms with E-state index in [-0.39, 0.29) is 31.2 Å². The van der Waals surface area contributed by atoms with Gasteiger partial charge in [0.05, 0.1) is 5.69 Å². The molecule has 1 saturated heterocycles. The van der Waals surface area contributed by atoms with Crippen LogP contribution in [0.2, 0.25) is 0 Å². The molecule has 0 atom stereocenters. The topological polar surface area (TPSA) is 79.4 Å². The number of hydrogen-bond acceptors (Lipinski definition) is 5. The molecule has 1 N–H and O–H groups in total. The number of anilines is 1. The van der Waals surface area contributed by atoms with Crippen LogP contribution in [0.25, 0.3) is 11.3 Å². The zero-order chi connectivity index (χ0) is 17.3. The predicted molar refractivity (Wildman–Crippen MR) is 91.6 cm³/mol. The number of carbonyl (C=O) groups is 3. The van der Waals surface area contributed by atoms with Crippen molar-refractivity contribution >= 4 is 34.2 Å². The second-order valence-corrected chi connectivity index (χ2v) is 6.62. The third-order valence-corrected chi connectivity index (χ3v) is 4.77. The van der Waals surface area contributed by atoms with Gasteiger partial charge < -0.3 is 5.32 Å². The molecule has 1 fully saturated rings. The van der Waals surface area contributed by atoms with Gasteiger partial charge in [0.1, 0.15) is 6.54 Å². The van der Waals surface area contributed by atoms with Crippen LogP contribution in [0, 0.1) is 13.8 Å². The Kier molecular flexibility index (Phi) is 4.44. The summed E-state index contributed by atoms with van der Waals surface area (Å²) in [6, 6.07) is 6.08. The van der Waals surface area contributed by atoms with Crippen molar-refractivity contribution in [1.29, 1.82) is 0 Å². The summed E-state index contributed by atoms with van der Waals surface area (Å²) >= 11 is 1.31. The van der Waals surface area contributed by atoms with Crippen LogP contribution in [0.1, 0.15) is 24.0 Å². The van der Waals surface area contributed by atoms with Crippen molar-refractivity contribution < 1.29 is 14.4 Å². The second kappa shape index (κ2) is 6.52. The van der Waals surface area contributed by atoms with Gasteiger partial charge >= 0.3 is 0 Å². The lowest BCUT2D eigenvalue weighted by molar-refractivity contribution is -0.141. The lowest BCUT2D eigenvalue weighted by atomic mass is 10.1. The number of thiazole rings is 1. The predicted octanol–water partition coefficient (Wildman–Crippen LogP) is 2.51. The zero-order valence-corrected chi connectivity index (χ0v) is 14.3. The smallest absolute Gasteiger partial charge is 0.246 e. The summed E-state index contributed by atoms with van der Waals surface area (Å²) in [7, 11) is 0. The Hall–Kier alpha value is -2.54. The first-order valence-electron chi connectivity index (χ1n) is 7.60. The Morgan fingerprint density at radius 2 is 1.92 bits per heavy atom. The number of likely N-dealkylation sites (tertiary alicyclic amines) is 1. The number of aromatic nitrogens is 1. The van der Waals surface area contributed by atoms with E-state index >= 15 is 0 Å². The molecule has 1 aromatic heterocycles. The standard InChI is InChI=1S/C17H17N3O3S/c1-10-3-4-12(7-11(10)2)13-9-24-17(18-13)19-14(21)8-20-15(22)5-6-16(20)23/h3-4,7,9H,5-6,8H2,1-2H3,(H,18,19,21). The van der Waals surface area contributed by atoms with Crippen LogP contribution in [0.15, 0.2) is 23.6 Å². The maximum absolute atomic E-state index is 12.0. The quantitative estimate of drug-likeness (QED) is 0.865. The van der Waals surface area contributed by atoms with E-state index in [2.05, 4.69) is 16.4 Å². The first kappa shape index (κ1) is 16.3. The summed E-state index contributed by atoms with van der Waals surface area (Å²) in [5.41, 5.74) is 4.16. The first-order chi connectivity index (χ1) is 11.4. The number of rotatable bonds is 4. The Bertz CT molecular complexity index is 812. The normalized spacial score (nSPS) is 14.3. The van der Waals surface area contributed by atoms with Crippen LogP contribution in [-0.2, 0) is 14.4 Å². The summed E-state index contributed by atoms with van der Waals surface area (Å²) in [6.45, 7) is 3.83. The lowest BCUT2D eigenvalue weighted by Crippen LogP contribution is -2.36. The molecule has 1 aliphatic heterocycles. The maximum Gasteiger partial charge on any atom is 0.246 e. The van der Waals surface area contributed by atoms with Crippen LogP contribution in [0.5, 0.6) is 0 Å². The number of hydrogen-bond donors (Lipinski definition) is 1. The summed E-state index contributed by atoms with van der Waals surface area (Å²) < 4.78 is 0. The molecule has 124 valence electrons. The fourth-order valence-corrected chi connectivity index (χ4v) is 3.20. The van der Waals surface area contributed by atoms with E-state index in [9.17, 15) is 14.4 Å². The summed E-state index contributed by atoms with van der Waals surface area (Å²) in [5.74, 6) is -1.02. The highest BCUT2D eigenvalue weighted by molar-refractivity contribution is 7.14. The van der Waals surface area contributed by atoms with Crippen molar-refractivity contribution in [2.75, 3.05) is 11.9 Å². The number of aryl methyl sites for hydroxylation is 2. The average molecular weight is 343 g/mol. The minimum atomic E-state index is -0.417. The maximum atomic E-state index is 12.0. The van der Waals surface area contributed by atoms with Gasteiger partial charge in [-0.3, -0.25) is 19.3 Å². The molecular formula is C17H17N3O3S. The molecule has 0 spiro atoms. The second-order valence-electron chi connectivity index (χ2n) is 5.76. The van der Waals surface area contributed by atoms with Gasteiger partial charge in [-0.1, -0.05) is 12.1 Å². The number of imide groups is 1. The summed E-state index contributed by atoms with van der Waals surface area (Å²) in [6.07, 6.45) is 0.362. The van der Waals surface area contributed by atoms with E-state index in [1.807, 2.05) is 31.4 Å². The number of carbonyl (C=O) groups excluding carboxylic acids is 3. The monoisotopic (exact) mass is 343 g/mol. The third kappa shape index (κ3) is 3.35. The molecule has 6 nitrogen and oxygen atoms in total. The molecule has 0 bridgehead atoms. The lowest BCUT2D eigenvalue weighted by Gasteiger charge is -2.12.